The Morgan fingerprint density at radius 2 is 1.92 bits per heavy atom. The molecule has 0 unspecified atom stereocenters. The van der Waals surface area contributed by atoms with Gasteiger partial charge in [0.1, 0.15) is 5.94 Å². The Hall–Kier alpha value is -0.590. The lowest BCUT2D eigenvalue weighted by atomic mass is 9.79. The Labute approximate surface area is 74.0 Å². The molecule has 0 spiro atoms. The highest BCUT2D eigenvalue weighted by atomic mass is 16.1. The second-order valence-corrected chi connectivity index (χ2v) is 4.71. The number of carbonyl (C=O) groups excluding carboxylic acids is 1. The second kappa shape index (κ2) is 2.72. The number of piperidine rings is 1. The molecule has 0 amide bonds. The Kier molecular flexibility index (Phi) is 2.15. The summed E-state index contributed by atoms with van der Waals surface area (Å²) in [5.74, 6) is 2.04. The van der Waals surface area contributed by atoms with Gasteiger partial charge in [-0.05, 0) is 40.5 Å². The number of hydrogen-bond acceptors (Lipinski definition) is 2. The van der Waals surface area contributed by atoms with Crippen molar-refractivity contribution in [1.82, 2.24) is 5.32 Å². The van der Waals surface area contributed by atoms with E-state index in [1.165, 1.54) is 0 Å². The minimum absolute atomic E-state index is 0.143. The van der Waals surface area contributed by atoms with E-state index in [4.69, 9.17) is 0 Å². The van der Waals surface area contributed by atoms with Crippen LogP contribution in [0.15, 0.2) is 5.57 Å². The van der Waals surface area contributed by atoms with Crippen molar-refractivity contribution in [2.45, 2.75) is 51.6 Å². The molecular formula is C10H17NO. The van der Waals surface area contributed by atoms with Gasteiger partial charge >= 0.3 is 0 Å². The summed E-state index contributed by atoms with van der Waals surface area (Å²) in [7, 11) is 0. The van der Waals surface area contributed by atoms with E-state index >= 15 is 0 Å². The third-order valence-electron chi connectivity index (χ3n) is 2.53. The van der Waals surface area contributed by atoms with E-state index in [9.17, 15) is 4.79 Å². The summed E-state index contributed by atoms with van der Waals surface area (Å²) in [6, 6.07) is 0. The van der Waals surface area contributed by atoms with E-state index in [0.29, 0.717) is 0 Å². The maximum Gasteiger partial charge on any atom is 0.125 e. The van der Waals surface area contributed by atoms with E-state index in [2.05, 4.69) is 19.2 Å². The van der Waals surface area contributed by atoms with Crippen LogP contribution in [-0.2, 0) is 4.79 Å². The van der Waals surface area contributed by atoms with Gasteiger partial charge in [0, 0.05) is 16.7 Å². The first kappa shape index (κ1) is 9.50. The molecule has 1 aliphatic heterocycles. The largest absolute Gasteiger partial charge is 0.302 e. The summed E-state index contributed by atoms with van der Waals surface area (Å²) >= 11 is 0. The van der Waals surface area contributed by atoms with Crippen molar-refractivity contribution >= 4 is 5.94 Å². The van der Waals surface area contributed by atoms with Crippen LogP contribution in [0.25, 0.3) is 0 Å². The van der Waals surface area contributed by atoms with Gasteiger partial charge in [0.15, 0.2) is 0 Å². The smallest absolute Gasteiger partial charge is 0.125 e. The Balaban J connectivity index is 2.89. The summed E-state index contributed by atoms with van der Waals surface area (Å²) in [4.78, 5) is 10.6. The zero-order valence-corrected chi connectivity index (χ0v) is 8.32. The lowest BCUT2D eigenvalue weighted by Gasteiger charge is -2.42. The molecule has 1 N–H and O–H groups in total. The first-order chi connectivity index (χ1) is 5.37. The summed E-state index contributed by atoms with van der Waals surface area (Å²) in [6.45, 7) is 8.40. The van der Waals surface area contributed by atoms with Crippen molar-refractivity contribution in [1.29, 1.82) is 0 Å². The monoisotopic (exact) mass is 167 g/mol. The van der Waals surface area contributed by atoms with E-state index in [0.717, 1.165) is 18.4 Å². The van der Waals surface area contributed by atoms with Gasteiger partial charge in [0.05, 0.1) is 0 Å². The second-order valence-electron chi connectivity index (χ2n) is 4.71. The molecule has 1 heterocycles. The molecule has 1 fully saturated rings. The van der Waals surface area contributed by atoms with Crippen molar-refractivity contribution in [3.63, 3.8) is 0 Å². The van der Waals surface area contributed by atoms with E-state index in [1.807, 2.05) is 19.8 Å². The average molecular weight is 167 g/mol. The van der Waals surface area contributed by atoms with Crippen LogP contribution in [0, 0.1) is 0 Å². The molecule has 0 radical (unpaired) electrons. The first-order valence-electron chi connectivity index (χ1n) is 4.41. The van der Waals surface area contributed by atoms with Gasteiger partial charge in [-0.1, -0.05) is 0 Å². The molecule has 2 heteroatoms. The van der Waals surface area contributed by atoms with Crippen LogP contribution in [0.4, 0.5) is 0 Å². The van der Waals surface area contributed by atoms with E-state index in [-0.39, 0.29) is 11.1 Å². The third-order valence-corrected chi connectivity index (χ3v) is 2.53. The lowest BCUT2D eigenvalue weighted by molar-refractivity contribution is 0.239. The Morgan fingerprint density at radius 3 is 2.33 bits per heavy atom. The first-order valence-corrected chi connectivity index (χ1v) is 4.41. The molecule has 12 heavy (non-hydrogen) atoms. The highest BCUT2D eigenvalue weighted by molar-refractivity contribution is 5.57. The number of nitrogens with one attached hydrogen (secondary N) is 1. The fraction of sp³-hybridized carbons (Fsp3) is 0.800. The van der Waals surface area contributed by atoms with Crippen LogP contribution in [0.3, 0.4) is 0 Å². The molecule has 1 rings (SSSR count). The standard InChI is InChI=1S/C10H17NO/c1-9(2)6-5-8(7-12)10(3,4)11-9/h11H,5-6H2,1-4H3. The molecule has 0 bridgehead atoms. The molecule has 1 saturated heterocycles. The summed E-state index contributed by atoms with van der Waals surface area (Å²) < 4.78 is 0. The van der Waals surface area contributed by atoms with E-state index < -0.39 is 0 Å². The zero-order valence-electron chi connectivity index (χ0n) is 8.32. The highest BCUT2D eigenvalue weighted by Gasteiger charge is 2.36. The molecule has 0 aliphatic carbocycles. The van der Waals surface area contributed by atoms with Crippen LogP contribution in [0.5, 0.6) is 0 Å². The fourth-order valence-corrected chi connectivity index (χ4v) is 1.91. The summed E-state index contributed by atoms with van der Waals surface area (Å²) in [5.41, 5.74) is 0.828. The number of rotatable bonds is 0. The van der Waals surface area contributed by atoms with Gasteiger partial charge in [0.2, 0.25) is 0 Å². The SMILES string of the molecule is CC1(C)CCC(=C=O)C(C)(C)N1. The highest BCUT2D eigenvalue weighted by Crippen LogP contribution is 2.30. The fourth-order valence-electron chi connectivity index (χ4n) is 1.91. The molecule has 0 aromatic rings. The van der Waals surface area contributed by atoms with Gasteiger partial charge in [-0.3, -0.25) is 0 Å². The van der Waals surface area contributed by atoms with Crippen LogP contribution in [0.1, 0.15) is 40.5 Å². The van der Waals surface area contributed by atoms with Gasteiger partial charge < -0.3 is 5.32 Å². The van der Waals surface area contributed by atoms with Gasteiger partial charge in [-0.2, -0.15) is 0 Å². The maximum atomic E-state index is 10.6. The molecule has 1 aliphatic rings. The van der Waals surface area contributed by atoms with Crippen molar-refractivity contribution in [3.05, 3.63) is 5.57 Å². The molecule has 2 nitrogen and oxygen atoms in total. The zero-order chi connectivity index (χ0) is 9.41. The minimum Gasteiger partial charge on any atom is -0.302 e. The predicted molar refractivity (Wildman–Crippen MR) is 49.7 cm³/mol. The van der Waals surface area contributed by atoms with Crippen LogP contribution in [0.2, 0.25) is 0 Å². The minimum atomic E-state index is -0.177. The topological polar surface area (TPSA) is 29.1 Å². The van der Waals surface area contributed by atoms with Gasteiger partial charge in [0.25, 0.3) is 0 Å². The summed E-state index contributed by atoms with van der Waals surface area (Å²) in [5, 5.41) is 3.43. The Morgan fingerprint density at radius 1 is 1.33 bits per heavy atom. The average Bonchev–Trinajstić information content (AvgIpc) is 1.83. The molecule has 0 aromatic heterocycles. The van der Waals surface area contributed by atoms with Crippen LogP contribution < -0.4 is 5.32 Å². The van der Waals surface area contributed by atoms with Gasteiger partial charge in [-0.15, -0.1) is 0 Å². The lowest BCUT2D eigenvalue weighted by Crippen LogP contribution is -2.56. The normalized spacial score (nSPS) is 26.5. The van der Waals surface area contributed by atoms with Crippen LogP contribution in [-0.4, -0.2) is 17.0 Å². The quantitative estimate of drug-likeness (QED) is 0.556. The van der Waals surface area contributed by atoms with Crippen molar-refractivity contribution in [2.75, 3.05) is 0 Å². The summed E-state index contributed by atoms with van der Waals surface area (Å²) in [6.07, 6.45) is 1.89. The molecule has 68 valence electrons. The van der Waals surface area contributed by atoms with E-state index in [1.54, 1.807) is 0 Å². The van der Waals surface area contributed by atoms with Crippen molar-refractivity contribution in [3.8, 4) is 0 Å². The van der Waals surface area contributed by atoms with Gasteiger partial charge in [-0.25, -0.2) is 4.79 Å². The van der Waals surface area contributed by atoms with Crippen molar-refractivity contribution < 1.29 is 4.79 Å². The predicted octanol–water partition coefficient (Wildman–Crippen LogP) is 1.68. The maximum absolute atomic E-state index is 10.6. The van der Waals surface area contributed by atoms with Crippen molar-refractivity contribution in [2.24, 2.45) is 0 Å². The Bertz CT molecular complexity index is 234. The van der Waals surface area contributed by atoms with Crippen LogP contribution >= 0.6 is 0 Å². The number of hydrogen-bond donors (Lipinski definition) is 1. The molecular weight excluding hydrogens is 150 g/mol. The molecule has 0 aromatic carbocycles. The third kappa shape index (κ3) is 1.77. The molecule has 0 atom stereocenters. The molecule has 0 saturated carbocycles.